The maximum Gasteiger partial charge on any atom is 0.320 e. The molecular formula is C22H29N7O2. The van der Waals surface area contributed by atoms with Crippen LogP contribution >= 0.6 is 0 Å². The number of hydrogen-bond donors (Lipinski definition) is 2. The molecule has 9 heteroatoms. The Morgan fingerprint density at radius 3 is 2.71 bits per heavy atom. The number of rotatable bonds is 6. The maximum atomic E-state index is 12.5. The van der Waals surface area contributed by atoms with Crippen LogP contribution in [0.3, 0.4) is 0 Å². The lowest BCUT2D eigenvalue weighted by Gasteiger charge is -2.19. The molecule has 0 bridgehead atoms. The smallest absolute Gasteiger partial charge is 0.320 e. The number of aryl methyl sites for hydroxylation is 3. The molecule has 0 radical (unpaired) electrons. The van der Waals surface area contributed by atoms with Gasteiger partial charge in [-0.25, -0.2) is 19.4 Å². The molecule has 1 fully saturated rings. The highest BCUT2D eigenvalue weighted by Crippen LogP contribution is 2.23. The van der Waals surface area contributed by atoms with Crippen molar-refractivity contribution in [3.05, 3.63) is 41.4 Å². The van der Waals surface area contributed by atoms with Gasteiger partial charge < -0.3 is 14.6 Å². The average molecular weight is 424 g/mol. The van der Waals surface area contributed by atoms with E-state index in [1.54, 1.807) is 10.7 Å². The van der Waals surface area contributed by atoms with Gasteiger partial charge >= 0.3 is 6.03 Å². The van der Waals surface area contributed by atoms with E-state index in [1.807, 2.05) is 39.0 Å². The molecule has 0 aliphatic carbocycles. The molecule has 164 valence electrons. The van der Waals surface area contributed by atoms with Crippen LogP contribution in [0.25, 0.3) is 17.4 Å². The predicted octanol–water partition coefficient (Wildman–Crippen LogP) is 3.45. The summed E-state index contributed by atoms with van der Waals surface area (Å²) in [6, 6.07) is 7.60. The number of anilines is 1. The molecule has 31 heavy (non-hydrogen) atoms. The minimum absolute atomic E-state index is 0.291. The zero-order valence-electron chi connectivity index (χ0n) is 18.5. The number of amides is 2. The number of furan rings is 1. The third-order valence-electron chi connectivity index (χ3n) is 5.58. The molecule has 0 saturated carbocycles. The van der Waals surface area contributed by atoms with Gasteiger partial charge in [-0.05, 0) is 71.8 Å². The van der Waals surface area contributed by atoms with Crippen molar-refractivity contribution < 1.29 is 9.21 Å². The molecular weight excluding hydrogens is 394 g/mol. The molecule has 2 N–H and O–H groups in total. The second-order valence-corrected chi connectivity index (χ2v) is 8.13. The van der Waals surface area contributed by atoms with Gasteiger partial charge in [-0.15, -0.1) is 0 Å². The van der Waals surface area contributed by atoms with Gasteiger partial charge in [0.15, 0.2) is 17.4 Å². The Hall–Kier alpha value is -3.20. The summed E-state index contributed by atoms with van der Waals surface area (Å²) in [5, 5.41) is 10.3. The van der Waals surface area contributed by atoms with E-state index in [0.29, 0.717) is 35.8 Å². The number of carbonyl (C=O) groups is 1. The van der Waals surface area contributed by atoms with Gasteiger partial charge in [-0.1, -0.05) is 0 Å². The molecule has 1 atom stereocenters. The topological polar surface area (TPSA) is 101 Å². The van der Waals surface area contributed by atoms with Gasteiger partial charge in [-0.2, -0.15) is 5.10 Å². The highest BCUT2D eigenvalue weighted by molar-refractivity contribution is 5.88. The summed E-state index contributed by atoms with van der Waals surface area (Å²) in [5.74, 6) is 2.64. The van der Waals surface area contributed by atoms with Crippen LogP contribution in [-0.4, -0.2) is 56.9 Å². The maximum absolute atomic E-state index is 12.5. The van der Waals surface area contributed by atoms with Crippen LogP contribution in [0.15, 0.2) is 28.7 Å². The Morgan fingerprint density at radius 2 is 2.06 bits per heavy atom. The molecule has 3 aromatic heterocycles. The lowest BCUT2D eigenvalue weighted by Crippen LogP contribution is -2.34. The lowest BCUT2D eigenvalue weighted by atomic mass is 10.1. The van der Waals surface area contributed by atoms with Crippen LogP contribution in [0.4, 0.5) is 10.6 Å². The van der Waals surface area contributed by atoms with E-state index in [-0.39, 0.29) is 6.03 Å². The van der Waals surface area contributed by atoms with Crippen molar-refractivity contribution in [2.45, 2.75) is 46.1 Å². The van der Waals surface area contributed by atoms with E-state index in [0.717, 1.165) is 30.1 Å². The summed E-state index contributed by atoms with van der Waals surface area (Å²) in [5.41, 5.74) is 1.82. The average Bonchev–Trinajstić information content (AvgIpc) is 3.42. The van der Waals surface area contributed by atoms with Crippen molar-refractivity contribution in [2.75, 3.05) is 25.5 Å². The fourth-order valence-electron chi connectivity index (χ4n) is 3.99. The summed E-state index contributed by atoms with van der Waals surface area (Å²) in [6.07, 6.45) is 3.34. The third-order valence-corrected chi connectivity index (χ3v) is 5.58. The van der Waals surface area contributed by atoms with Crippen molar-refractivity contribution in [3.8, 4) is 17.4 Å². The molecule has 4 heterocycles. The van der Waals surface area contributed by atoms with Crippen LogP contribution in [0.2, 0.25) is 0 Å². The highest BCUT2D eigenvalue weighted by atomic mass is 16.3. The monoisotopic (exact) mass is 423 g/mol. The van der Waals surface area contributed by atoms with Gasteiger partial charge in [0.25, 0.3) is 0 Å². The summed E-state index contributed by atoms with van der Waals surface area (Å²) >= 11 is 0. The van der Waals surface area contributed by atoms with E-state index in [1.165, 1.54) is 12.8 Å². The standard InChI is InChI=1S/C22H29N7O2/c1-14-12-15(2)29(27-14)20-13-19(24-21(26-20)18-8-7-16(3)31-18)25-22(30)23-10-9-17-6-5-11-28(17)4/h7-8,12-13,17H,5-6,9-11H2,1-4H3,(H2,23,24,25,26,30). The highest BCUT2D eigenvalue weighted by Gasteiger charge is 2.20. The molecule has 3 aromatic rings. The van der Waals surface area contributed by atoms with Gasteiger partial charge in [-0.3, -0.25) is 5.32 Å². The van der Waals surface area contributed by atoms with E-state index in [4.69, 9.17) is 4.42 Å². The predicted molar refractivity (Wildman–Crippen MR) is 118 cm³/mol. The minimum atomic E-state index is -0.291. The first-order valence-electron chi connectivity index (χ1n) is 10.6. The van der Waals surface area contributed by atoms with Crippen LogP contribution in [0.5, 0.6) is 0 Å². The molecule has 0 aromatic carbocycles. The van der Waals surface area contributed by atoms with Crippen molar-refractivity contribution >= 4 is 11.8 Å². The quantitative estimate of drug-likeness (QED) is 0.630. The molecule has 1 unspecified atom stereocenters. The van der Waals surface area contributed by atoms with E-state index < -0.39 is 0 Å². The van der Waals surface area contributed by atoms with Crippen LogP contribution in [0.1, 0.15) is 36.4 Å². The van der Waals surface area contributed by atoms with Gasteiger partial charge in [0.05, 0.1) is 5.69 Å². The Kier molecular flexibility index (Phi) is 6.03. The molecule has 1 aliphatic rings. The summed E-state index contributed by atoms with van der Waals surface area (Å²) in [7, 11) is 2.14. The Bertz CT molecular complexity index is 1070. The first kappa shape index (κ1) is 21.0. The number of urea groups is 1. The third kappa shape index (κ3) is 4.93. The molecule has 1 saturated heterocycles. The fraction of sp³-hybridized carbons (Fsp3) is 0.455. The number of hydrogen-bond acceptors (Lipinski definition) is 6. The number of carbonyl (C=O) groups excluding carboxylic acids is 1. The van der Waals surface area contributed by atoms with E-state index in [9.17, 15) is 4.79 Å². The SMILES string of the molecule is Cc1cc(C)n(-c2cc(NC(=O)NCCC3CCCN3C)nc(-c3ccc(C)o3)n2)n1. The van der Waals surface area contributed by atoms with Crippen LogP contribution in [0, 0.1) is 20.8 Å². The summed E-state index contributed by atoms with van der Waals surface area (Å²) < 4.78 is 7.43. The number of likely N-dealkylation sites (tertiary alicyclic amines) is 1. The first-order valence-corrected chi connectivity index (χ1v) is 10.6. The van der Waals surface area contributed by atoms with E-state index in [2.05, 4.69) is 37.6 Å². The summed E-state index contributed by atoms with van der Waals surface area (Å²) in [4.78, 5) is 23.9. The largest absolute Gasteiger partial charge is 0.458 e. The Morgan fingerprint density at radius 1 is 1.23 bits per heavy atom. The molecule has 1 aliphatic heterocycles. The zero-order chi connectivity index (χ0) is 22.0. The van der Waals surface area contributed by atoms with Crippen molar-refractivity contribution in [1.29, 1.82) is 0 Å². The number of nitrogens with one attached hydrogen (secondary N) is 2. The Balaban J connectivity index is 1.52. The van der Waals surface area contributed by atoms with Crippen molar-refractivity contribution in [3.63, 3.8) is 0 Å². The van der Waals surface area contributed by atoms with E-state index >= 15 is 0 Å². The van der Waals surface area contributed by atoms with Crippen LogP contribution in [-0.2, 0) is 0 Å². The number of nitrogens with zero attached hydrogens (tertiary/aromatic N) is 5. The van der Waals surface area contributed by atoms with Gasteiger partial charge in [0.1, 0.15) is 11.6 Å². The second-order valence-electron chi connectivity index (χ2n) is 8.13. The number of aromatic nitrogens is 4. The second kappa shape index (κ2) is 8.89. The van der Waals surface area contributed by atoms with Gasteiger partial charge in [0, 0.05) is 24.3 Å². The first-order chi connectivity index (χ1) is 14.9. The van der Waals surface area contributed by atoms with Crippen molar-refractivity contribution in [1.82, 2.24) is 30.0 Å². The molecule has 4 rings (SSSR count). The zero-order valence-corrected chi connectivity index (χ0v) is 18.5. The Labute approximate surface area is 181 Å². The minimum Gasteiger partial charge on any atom is -0.458 e. The van der Waals surface area contributed by atoms with Crippen LogP contribution < -0.4 is 10.6 Å². The molecule has 2 amide bonds. The molecule has 9 nitrogen and oxygen atoms in total. The lowest BCUT2D eigenvalue weighted by molar-refractivity contribution is 0.248. The summed E-state index contributed by atoms with van der Waals surface area (Å²) in [6.45, 7) is 7.49. The van der Waals surface area contributed by atoms with Gasteiger partial charge in [0.2, 0.25) is 0 Å². The fourth-order valence-corrected chi connectivity index (χ4v) is 3.99. The van der Waals surface area contributed by atoms with Crippen molar-refractivity contribution in [2.24, 2.45) is 0 Å². The molecule has 0 spiro atoms. The normalized spacial score (nSPS) is 16.6.